The van der Waals surface area contributed by atoms with E-state index in [1.165, 1.54) is 39.1 Å². The van der Waals surface area contributed by atoms with Gasteiger partial charge in [0.15, 0.2) is 4.34 Å². The van der Waals surface area contributed by atoms with Crippen LogP contribution in [-0.4, -0.2) is 20.9 Å². The number of hydrogen-bond acceptors (Lipinski definition) is 6. The fourth-order valence-electron chi connectivity index (χ4n) is 2.59. The average Bonchev–Trinajstić information content (AvgIpc) is 2.99. The van der Waals surface area contributed by atoms with Crippen LogP contribution in [0.4, 0.5) is 0 Å². The Bertz CT molecular complexity index is 845. The summed E-state index contributed by atoms with van der Waals surface area (Å²) in [5, 5.41) is 5.15. The molecule has 0 aliphatic heterocycles. The number of hydrogen-bond donors (Lipinski definition) is 0. The zero-order valence-electron chi connectivity index (χ0n) is 10.3. The summed E-state index contributed by atoms with van der Waals surface area (Å²) in [4.78, 5) is 20.2. The third-order valence-corrected chi connectivity index (χ3v) is 6.54. The minimum atomic E-state index is 0.0101. The van der Waals surface area contributed by atoms with Crippen molar-refractivity contribution in [2.75, 3.05) is 6.26 Å². The van der Waals surface area contributed by atoms with Crippen molar-refractivity contribution in [3.8, 4) is 0 Å². The van der Waals surface area contributed by atoms with Crippen LogP contribution in [0.2, 0.25) is 0 Å². The summed E-state index contributed by atoms with van der Waals surface area (Å²) in [6, 6.07) is 0. The molecule has 0 N–H and O–H groups in total. The maximum absolute atomic E-state index is 12.6. The minimum absolute atomic E-state index is 0.0101. The van der Waals surface area contributed by atoms with Gasteiger partial charge >= 0.3 is 0 Å². The van der Waals surface area contributed by atoms with Gasteiger partial charge in [0.25, 0.3) is 5.56 Å². The van der Waals surface area contributed by atoms with Crippen LogP contribution in [0.25, 0.3) is 15.2 Å². The third kappa shape index (κ3) is 1.68. The van der Waals surface area contributed by atoms with E-state index in [0.29, 0.717) is 4.96 Å². The second-order valence-electron chi connectivity index (χ2n) is 4.57. The Balaban J connectivity index is 2.13. The van der Waals surface area contributed by atoms with Crippen LogP contribution in [0, 0.1) is 0 Å². The molecule has 0 fully saturated rings. The number of aromatic nitrogens is 3. The highest BCUT2D eigenvalue weighted by Gasteiger charge is 2.21. The first kappa shape index (κ1) is 11.9. The van der Waals surface area contributed by atoms with Crippen molar-refractivity contribution in [3.05, 3.63) is 20.8 Å². The molecule has 19 heavy (non-hydrogen) atoms. The van der Waals surface area contributed by atoms with Gasteiger partial charge in [0, 0.05) is 4.88 Å². The summed E-state index contributed by atoms with van der Waals surface area (Å²) in [6.07, 6.45) is 6.47. The van der Waals surface area contributed by atoms with Crippen LogP contribution in [-0.2, 0) is 12.8 Å². The summed E-state index contributed by atoms with van der Waals surface area (Å²) in [6.45, 7) is 0. The van der Waals surface area contributed by atoms with Gasteiger partial charge in [0.1, 0.15) is 4.83 Å². The normalized spacial score (nSPS) is 15.2. The molecule has 4 rings (SSSR count). The van der Waals surface area contributed by atoms with Crippen molar-refractivity contribution < 1.29 is 0 Å². The molecule has 3 heterocycles. The van der Waals surface area contributed by atoms with Crippen molar-refractivity contribution in [2.24, 2.45) is 0 Å². The van der Waals surface area contributed by atoms with Gasteiger partial charge in [-0.3, -0.25) is 4.79 Å². The highest BCUT2D eigenvalue weighted by molar-refractivity contribution is 8.00. The maximum atomic E-state index is 12.6. The van der Waals surface area contributed by atoms with Crippen molar-refractivity contribution in [1.29, 1.82) is 0 Å². The molecule has 0 atom stereocenters. The molecule has 98 valence electrons. The van der Waals surface area contributed by atoms with Crippen LogP contribution in [0.1, 0.15) is 23.3 Å². The lowest BCUT2D eigenvalue weighted by molar-refractivity contribution is 0.699. The number of thioether (sulfide) groups is 1. The van der Waals surface area contributed by atoms with Crippen LogP contribution in [0.3, 0.4) is 0 Å². The molecule has 3 aromatic heterocycles. The Morgan fingerprint density at radius 1 is 1.26 bits per heavy atom. The van der Waals surface area contributed by atoms with Gasteiger partial charge in [-0.1, -0.05) is 23.1 Å². The summed E-state index contributed by atoms with van der Waals surface area (Å²) >= 11 is 4.73. The molecule has 0 unspecified atom stereocenters. The predicted molar refractivity (Wildman–Crippen MR) is 80.9 cm³/mol. The Morgan fingerprint density at radius 3 is 2.95 bits per heavy atom. The summed E-state index contributed by atoms with van der Waals surface area (Å²) < 4.78 is 2.36. The van der Waals surface area contributed by atoms with Crippen molar-refractivity contribution in [1.82, 2.24) is 14.6 Å². The monoisotopic (exact) mass is 309 g/mol. The molecule has 1 aliphatic rings. The molecule has 7 heteroatoms. The number of nitrogens with zero attached hydrogens (tertiary/aromatic N) is 3. The van der Waals surface area contributed by atoms with Gasteiger partial charge < -0.3 is 0 Å². The average molecular weight is 309 g/mol. The van der Waals surface area contributed by atoms with E-state index < -0.39 is 0 Å². The van der Waals surface area contributed by atoms with E-state index in [9.17, 15) is 4.79 Å². The molecule has 0 amide bonds. The number of fused-ring (bicyclic) bond motifs is 4. The van der Waals surface area contributed by atoms with Crippen LogP contribution in [0.5, 0.6) is 0 Å². The second kappa shape index (κ2) is 4.29. The maximum Gasteiger partial charge on any atom is 0.284 e. The first-order chi connectivity index (χ1) is 9.28. The topological polar surface area (TPSA) is 47.3 Å². The molecular formula is C12H11N3OS3. The van der Waals surface area contributed by atoms with Gasteiger partial charge in [0.05, 0.1) is 5.39 Å². The zero-order valence-corrected chi connectivity index (χ0v) is 12.8. The molecule has 4 nitrogen and oxygen atoms in total. The first-order valence-corrected chi connectivity index (χ1v) is 9.02. The highest BCUT2D eigenvalue weighted by Crippen LogP contribution is 2.34. The van der Waals surface area contributed by atoms with Gasteiger partial charge in [-0.15, -0.1) is 16.4 Å². The smallest absolute Gasteiger partial charge is 0.266 e. The summed E-state index contributed by atoms with van der Waals surface area (Å²) in [5.74, 6) is 0. The lowest BCUT2D eigenvalue weighted by atomic mass is 9.97. The van der Waals surface area contributed by atoms with Crippen LogP contribution < -0.4 is 5.56 Å². The van der Waals surface area contributed by atoms with Gasteiger partial charge in [-0.05, 0) is 37.5 Å². The zero-order chi connectivity index (χ0) is 13.0. The quantitative estimate of drug-likeness (QED) is 0.648. The Labute approximate surface area is 121 Å². The molecular weight excluding hydrogens is 298 g/mol. The number of aryl methyl sites for hydroxylation is 2. The molecule has 0 spiro atoms. The summed E-state index contributed by atoms with van der Waals surface area (Å²) in [7, 11) is 0. The fraction of sp³-hybridized carbons (Fsp3) is 0.417. The highest BCUT2D eigenvalue weighted by atomic mass is 32.2. The van der Waals surface area contributed by atoms with E-state index in [4.69, 9.17) is 0 Å². The Hall–Kier alpha value is -0.920. The number of thiophene rings is 1. The molecule has 0 radical (unpaired) electrons. The fourth-order valence-corrected chi connectivity index (χ4v) is 5.25. The molecule has 1 aliphatic carbocycles. The van der Waals surface area contributed by atoms with Crippen LogP contribution >= 0.6 is 34.4 Å². The second-order valence-corrected chi connectivity index (χ2v) is 7.67. The van der Waals surface area contributed by atoms with E-state index in [2.05, 4.69) is 10.1 Å². The summed E-state index contributed by atoms with van der Waals surface area (Å²) in [5.41, 5.74) is 1.24. The Kier molecular flexibility index (Phi) is 2.68. The lowest BCUT2D eigenvalue weighted by Crippen LogP contribution is -2.16. The first-order valence-electron chi connectivity index (χ1n) is 6.16. The molecule has 0 saturated heterocycles. The number of rotatable bonds is 1. The van der Waals surface area contributed by atoms with Gasteiger partial charge in [-0.25, -0.2) is 4.98 Å². The molecule has 0 aromatic carbocycles. The van der Waals surface area contributed by atoms with Crippen molar-refractivity contribution in [3.63, 3.8) is 0 Å². The van der Waals surface area contributed by atoms with E-state index in [1.807, 2.05) is 6.26 Å². The Morgan fingerprint density at radius 2 is 2.11 bits per heavy atom. The minimum Gasteiger partial charge on any atom is -0.266 e. The van der Waals surface area contributed by atoms with Gasteiger partial charge in [0.2, 0.25) is 4.96 Å². The van der Waals surface area contributed by atoms with E-state index in [1.54, 1.807) is 23.1 Å². The molecule has 3 aromatic rings. The predicted octanol–water partition coefficient (Wildman–Crippen LogP) is 2.97. The van der Waals surface area contributed by atoms with E-state index >= 15 is 0 Å². The lowest BCUT2D eigenvalue weighted by Gasteiger charge is -2.09. The standard InChI is InChI=1S/C12H11N3OS3/c1-17-12-14-15-10(16)8-6-4-2-3-5-7(6)18-9(8)13-11(15)19-12/h2-5H2,1H3. The largest absolute Gasteiger partial charge is 0.284 e. The molecule has 0 saturated carbocycles. The van der Waals surface area contributed by atoms with Gasteiger partial charge in [-0.2, -0.15) is 4.52 Å². The van der Waals surface area contributed by atoms with Crippen molar-refractivity contribution >= 4 is 49.6 Å². The van der Waals surface area contributed by atoms with E-state index in [0.717, 1.165) is 27.4 Å². The third-order valence-electron chi connectivity index (χ3n) is 3.47. The van der Waals surface area contributed by atoms with Crippen LogP contribution in [0.15, 0.2) is 9.13 Å². The SMILES string of the molecule is CSc1nn2c(=O)c3c4c(sc3nc2s1)CCCC4. The van der Waals surface area contributed by atoms with Crippen molar-refractivity contribution in [2.45, 2.75) is 30.0 Å². The molecule has 0 bridgehead atoms. The van der Waals surface area contributed by atoms with E-state index in [-0.39, 0.29) is 5.56 Å².